The number of quaternary nitrogens is 1. The van der Waals surface area contributed by atoms with Gasteiger partial charge in [-0.3, -0.25) is 4.90 Å². The zero-order valence-corrected chi connectivity index (χ0v) is 13.3. The fourth-order valence-corrected chi connectivity index (χ4v) is 3.18. The van der Waals surface area contributed by atoms with Crippen LogP contribution in [0.2, 0.25) is 0 Å². The molecule has 6 heteroatoms. The number of fused-ring (bicyclic) bond motifs is 1. The van der Waals surface area contributed by atoms with Crippen LogP contribution in [0.15, 0.2) is 27.4 Å². The molecule has 0 unspecified atom stereocenters. The van der Waals surface area contributed by atoms with Crippen molar-refractivity contribution in [2.45, 2.75) is 13.5 Å². The second kappa shape index (κ2) is 6.70. The number of benzene rings is 1. The Balaban J connectivity index is 1.83. The SMILES string of the molecule is Cc1cc2oc(=O)cc(C[NH+]3CCN(CCO)CC3)c2cc1[O-]. The zero-order chi connectivity index (χ0) is 16.4. The second-order valence-corrected chi connectivity index (χ2v) is 6.20. The maximum Gasteiger partial charge on any atom is 0.336 e. The third-order valence-electron chi connectivity index (χ3n) is 4.55. The van der Waals surface area contributed by atoms with E-state index in [0.29, 0.717) is 24.2 Å². The molecule has 124 valence electrons. The first-order chi connectivity index (χ1) is 11.1. The van der Waals surface area contributed by atoms with Crippen LogP contribution in [0.1, 0.15) is 11.1 Å². The van der Waals surface area contributed by atoms with Gasteiger partial charge in [-0.05, 0) is 13.0 Å². The van der Waals surface area contributed by atoms with E-state index in [1.54, 1.807) is 19.1 Å². The van der Waals surface area contributed by atoms with Crippen molar-refractivity contribution in [2.24, 2.45) is 0 Å². The Hall–Kier alpha value is -1.89. The number of nitrogens with zero attached hydrogens (tertiary/aromatic N) is 1. The zero-order valence-electron chi connectivity index (χ0n) is 13.3. The lowest BCUT2D eigenvalue weighted by Gasteiger charge is -2.31. The fourth-order valence-electron chi connectivity index (χ4n) is 3.18. The van der Waals surface area contributed by atoms with Crippen molar-refractivity contribution < 1.29 is 19.5 Å². The van der Waals surface area contributed by atoms with Gasteiger partial charge in [0.25, 0.3) is 0 Å². The molecule has 0 saturated carbocycles. The number of rotatable bonds is 4. The maximum atomic E-state index is 11.9. The van der Waals surface area contributed by atoms with Gasteiger partial charge in [0.15, 0.2) is 0 Å². The van der Waals surface area contributed by atoms with Crippen LogP contribution in [0.4, 0.5) is 0 Å². The third kappa shape index (κ3) is 3.55. The number of aliphatic hydroxyl groups is 1. The van der Waals surface area contributed by atoms with Crippen molar-refractivity contribution in [3.8, 4) is 5.75 Å². The molecule has 1 aromatic heterocycles. The summed E-state index contributed by atoms with van der Waals surface area (Å²) in [6.45, 7) is 7.10. The summed E-state index contributed by atoms with van der Waals surface area (Å²) >= 11 is 0. The fraction of sp³-hybridized carbons (Fsp3) is 0.471. The standard InChI is InChI=1S/C17H22N2O4/c1-12-8-16-14(10-15(12)21)13(9-17(22)23-16)11-19-4-2-18(3-5-19)6-7-20/h8-10,20-21H,2-7,11H2,1H3. The van der Waals surface area contributed by atoms with Crippen LogP contribution in [0.3, 0.4) is 0 Å². The van der Waals surface area contributed by atoms with E-state index in [1.807, 2.05) is 0 Å². The predicted octanol–water partition coefficient (Wildman–Crippen LogP) is -1.13. The van der Waals surface area contributed by atoms with Gasteiger partial charge in [0, 0.05) is 36.7 Å². The first-order valence-corrected chi connectivity index (χ1v) is 7.98. The lowest BCUT2D eigenvalue weighted by atomic mass is 10.1. The Morgan fingerprint density at radius 2 is 2.04 bits per heavy atom. The number of aryl methyl sites for hydroxylation is 1. The Labute approximate surface area is 134 Å². The van der Waals surface area contributed by atoms with E-state index in [1.165, 1.54) is 11.0 Å². The molecule has 1 fully saturated rings. The molecule has 0 radical (unpaired) electrons. The van der Waals surface area contributed by atoms with E-state index >= 15 is 0 Å². The van der Waals surface area contributed by atoms with Crippen molar-refractivity contribution in [1.29, 1.82) is 0 Å². The van der Waals surface area contributed by atoms with E-state index in [9.17, 15) is 9.90 Å². The smallest absolute Gasteiger partial charge is 0.336 e. The minimum absolute atomic E-state index is 0.0321. The van der Waals surface area contributed by atoms with Crippen LogP contribution in [-0.4, -0.2) is 49.3 Å². The highest BCUT2D eigenvalue weighted by atomic mass is 16.4. The molecule has 6 nitrogen and oxygen atoms in total. The van der Waals surface area contributed by atoms with Gasteiger partial charge >= 0.3 is 5.63 Å². The number of piperazine rings is 1. The summed E-state index contributed by atoms with van der Waals surface area (Å²) in [7, 11) is 0. The summed E-state index contributed by atoms with van der Waals surface area (Å²) in [5, 5.41) is 21.7. The molecule has 1 aliphatic rings. The monoisotopic (exact) mass is 318 g/mol. The first kappa shape index (κ1) is 16.0. The van der Waals surface area contributed by atoms with Gasteiger partial charge in [0.1, 0.15) is 12.1 Å². The molecule has 0 atom stereocenters. The molecule has 1 aliphatic heterocycles. The average Bonchev–Trinajstić information content (AvgIpc) is 2.51. The first-order valence-electron chi connectivity index (χ1n) is 7.98. The molecular weight excluding hydrogens is 296 g/mol. The van der Waals surface area contributed by atoms with E-state index < -0.39 is 0 Å². The number of hydrogen-bond acceptors (Lipinski definition) is 5. The van der Waals surface area contributed by atoms with Gasteiger partial charge in [-0.2, -0.15) is 0 Å². The molecule has 0 amide bonds. The highest BCUT2D eigenvalue weighted by Crippen LogP contribution is 2.23. The summed E-state index contributed by atoms with van der Waals surface area (Å²) in [6.07, 6.45) is 0. The van der Waals surface area contributed by atoms with E-state index in [2.05, 4.69) is 4.90 Å². The molecule has 1 aromatic carbocycles. The number of nitrogens with one attached hydrogen (secondary N) is 1. The minimum atomic E-state index is -0.371. The molecule has 1 saturated heterocycles. The highest BCUT2D eigenvalue weighted by molar-refractivity contribution is 5.82. The lowest BCUT2D eigenvalue weighted by Crippen LogP contribution is -3.13. The summed E-state index contributed by atoms with van der Waals surface area (Å²) in [5.41, 5.74) is 1.58. The topological polar surface area (TPSA) is 81.2 Å². The molecule has 0 bridgehead atoms. The molecule has 2 aromatic rings. The van der Waals surface area contributed by atoms with Crippen LogP contribution < -0.4 is 15.6 Å². The Kier molecular flexibility index (Phi) is 4.66. The van der Waals surface area contributed by atoms with Crippen molar-refractivity contribution in [3.05, 3.63) is 39.7 Å². The van der Waals surface area contributed by atoms with E-state index in [-0.39, 0.29) is 18.0 Å². The Morgan fingerprint density at radius 3 is 2.74 bits per heavy atom. The quantitative estimate of drug-likeness (QED) is 0.697. The van der Waals surface area contributed by atoms with Crippen LogP contribution in [-0.2, 0) is 6.54 Å². The van der Waals surface area contributed by atoms with Gasteiger partial charge in [0.05, 0.1) is 19.7 Å². The van der Waals surface area contributed by atoms with E-state index in [4.69, 9.17) is 9.52 Å². The number of β-amino-alcohol motifs (C(OH)–C–C–N with tert-alkyl or cyclic N) is 1. The maximum absolute atomic E-state index is 11.9. The number of hydrogen-bond donors (Lipinski definition) is 2. The van der Waals surface area contributed by atoms with Crippen molar-refractivity contribution in [2.75, 3.05) is 39.3 Å². The van der Waals surface area contributed by atoms with Crippen LogP contribution in [0.5, 0.6) is 5.75 Å². The van der Waals surface area contributed by atoms with Crippen molar-refractivity contribution in [1.82, 2.24) is 4.90 Å². The normalized spacial score (nSPS) is 17.0. The van der Waals surface area contributed by atoms with Crippen LogP contribution in [0, 0.1) is 6.92 Å². The molecule has 0 aliphatic carbocycles. The van der Waals surface area contributed by atoms with Gasteiger partial charge < -0.3 is 19.5 Å². The molecule has 23 heavy (non-hydrogen) atoms. The average molecular weight is 318 g/mol. The lowest BCUT2D eigenvalue weighted by molar-refractivity contribution is -0.918. The Morgan fingerprint density at radius 1 is 1.30 bits per heavy atom. The minimum Gasteiger partial charge on any atom is -0.872 e. The van der Waals surface area contributed by atoms with Gasteiger partial charge in [-0.1, -0.05) is 11.6 Å². The molecule has 3 rings (SSSR count). The van der Waals surface area contributed by atoms with E-state index in [0.717, 1.165) is 37.1 Å². The molecule has 0 spiro atoms. The second-order valence-electron chi connectivity index (χ2n) is 6.20. The summed E-state index contributed by atoms with van der Waals surface area (Å²) in [6, 6.07) is 4.73. The molecule has 2 heterocycles. The van der Waals surface area contributed by atoms with Crippen LogP contribution >= 0.6 is 0 Å². The Bertz CT molecular complexity index is 748. The summed E-state index contributed by atoms with van der Waals surface area (Å²) < 4.78 is 5.24. The van der Waals surface area contributed by atoms with Crippen LogP contribution in [0.25, 0.3) is 11.0 Å². The number of aliphatic hydroxyl groups excluding tert-OH is 1. The molecular formula is C17H22N2O4. The molecule has 2 N–H and O–H groups in total. The van der Waals surface area contributed by atoms with Gasteiger partial charge in [0.2, 0.25) is 0 Å². The largest absolute Gasteiger partial charge is 0.872 e. The predicted molar refractivity (Wildman–Crippen MR) is 84.6 cm³/mol. The summed E-state index contributed by atoms with van der Waals surface area (Å²) in [4.78, 5) is 15.4. The van der Waals surface area contributed by atoms with Gasteiger partial charge in [-0.15, -0.1) is 5.75 Å². The summed E-state index contributed by atoms with van der Waals surface area (Å²) in [5.74, 6) is -0.0321. The van der Waals surface area contributed by atoms with Gasteiger partial charge in [-0.25, -0.2) is 4.79 Å². The van der Waals surface area contributed by atoms with Crippen molar-refractivity contribution in [3.63, 3.8) is 0 Å². The highest BCUT2D eigenvalue weighted by Gasteiger charge is 2.21. The third-order valence-corrected chi connectivity index (χ3v) is 4.55. The van der Waals surface area contributed by atoms with Crippen molar-refractivity contribution >= 4 is 11.0 Å².